The number of imide groups is 1. The van der Waals surface area contributed by atoms with Crippen molar-refractivity contribution in [2.45, 2.75) is 45.7 Å². The number of hydrogen-bond donors (Lipinski definition) is 0. The van der Waals surface area contributed by atoms with Crippen molar-refractivity contribution in [2.24, 2.45) is 0 Å². The first kappa shape index (κ1) is 24.0. The molecule has 1 atom stereocenters. The van der Waals surface area contributed by atoms with Crippen LogP contribution in [0.5, 0.6) is 5.75 Å². The molecule has 33 heavy (non-hydrogen) atoms. The van der Waals surface area contributed by atoms with Crippen LogP contribution in [0.15, 0.2) is 48.5 Å². The summed E-state index contributed by atoms with van der Waals surface area (Å²) in [5.41, 5.74) is 0.288. The second kappa shape index (κ2) is 9.44. The van der Waals surface area contributed by atoms with Gasteiger partial charge in [0.2, 0.25) is 5.91 Å². The minimum Gasteiger partial charge on any atom is -0.497 e. The third-order valence-corrected chi connectivity index (χ3v) is 5.33. The quantitative estimate of drug-likeness (QED) is 0.492. The minimum atomic E-state index is -0.957. The molecule has 2 aromatic carbocycles. The van der Waals surface area contributed by atoms with Gasteiger partial charge in [-0.25, -0.2) is 9.69 Å². The lowest BCUT2D eigenvalue weighted by molar-refractivity contribution is -0.123. The molecule has 0 aromatic heterocycles. The van der Waals surface area contributed by atoms with Gasteiger partial charge in [-0.2, -0.15) is 0 Å². The Morgan fingerprint density at radius 2 is 1.73 bits per heavy atom. The van der Waals surface area contributed by atoms with Gasteiger partial charge in [0.15, 0.2) is 0 Å². The van der Waals surface area contributed by atoms with Crippen LogP contribution in [0.1, 0.15) is 54.8 Å². The van der Waals surface area contributed by atoms with E-state index in [1.165, 1.54) is 36.3 Å². The lowest BCUT2D eigenvalue weighted by Gasteiger charge is -2.39. The number of benzene rings is 2. The molecule has 0 radical (unpaired) electrons. The Hall–Kier alpha value is -3.68. The second-order valence-corrected chi connectivity index (χ2v) is 8.63. The standard InChI is InChI=1S/C25H28N2O6/c1-6-33-24(31)16-10-12-18(13-11-16)26-21(28)15-20(23(26)30)27(25(2,3)4)22(29)17-8-7-9-19(14-17)32-5/h7-14,20H,6,15H2,1-5H3. The van der Waals surface area contributed by atoms with E-state index in [4.69, 9.17) is 9.47 Å². The zero-order valence-electron chi connectivity index (χ0n) is 19.5. The highest BCUT2D eigenvalue weighted by Gasteiger charge is 2.47. The van der Waals surface area contributed by atoms with Crippen molar-refractivity contribution in [1.82, 2.24) is 4.90 Å². The number of ether oxygens (including phenoxy) is 2. The van der Waals surface area contributed by atoms with E-state index in [9.17, 15) is 19.2 Å². The van der Waals surface area contributed by atoms with Crippen molar-refractivity contribution in [2.75, 3.05) is 18.6 Å². The minimum absolute atomic E-state index is 0.133. The third-order valence-electron chi connectivity index (χ3n) is 5.33. The summed E-state index contributed by atoms with van der Waals surface area (Å²) in [4.78, 5) is 54.1. The van der Waals surface area contributed by atoms with Crippen molar-refractivity contribution < 1.29 is 28.7 Å². The summed E-state index contributed by atoms with van der Waals surface area (Å²) in [6.07, 6.45) is -0.133. The van der Waals surface area contributed by atoms with Gasteiger partial charge in [-0.05, 0) is 70.2 Å². The zero-order chi connectivity index (χ0) is 24.3. The topological polar surface area (TPSA) is 93.2 Å². The number of carbonyl (C=O) groups excluding carboxylic acids is 4. The normalized spacial score (nSPS) is 16.0. The maximum absolute atomic E-state index is 13.5. The first-order chi connectivity index (χ1) is 15.6. The van der Waals surface area contributed by atoms with Gasteiger partial charge >= 0.3 is 5.97 Å². The average molecular weight is 453 g/mol. The predicted octanol–water partition coefficient (Wildman–Crippen LogP) is 3.44. The summed E-state index contributed by atoms with van der Waals surface area (Å²) < 4.78 is 10.2. The molecule has 8 nitrogen and oxygen atoms in total. The molecule has 1 fully saturated rings. The molecule has 3 amide bonds. The lowest BCUT2D eigenvalue weighted by Crippen LogP contribution is -2.54. The fourth-order valence-electron chi connectivity index (χ4n) is 3.86. The van der Waals surface area contributed by atoms with Crippen molar-refractivity contribution in [1.29, 1.82) is 0 Å². The fourth-order valence-corrected chi connectivity index (χ4v) is 3.86. The van der Waals surface area contributed by atoms with Gasteiger partial charge < -0.3 is 14.4 Å². The molecule has 8 heteroatoms. The van der Waals surface area contributed by atoms with Gasteiger partial charge in [0, 0.05) is 11.1 Å². The van der Waals surface area contributed by atoms with Crippen molar-refractivity contribution in [3.8, 4) is 5.75 Å². The monoisotopic (exact) mass is 452 g/mol. The van der Waals surface area contributed by atoms with Gasteiger partial charge in [0.25, 0.3) is 11.8 Å². The Bertz CT molecular complexity index is 1070. The molecule has 0 bridgehead atoms. The van der Waals surface area contributed by atoms with E-state index >= 15 is 0 Å². The molecule has 3 rings (SSSR count). The first-order valence-corrected chi connectivity index (χ1v) is 10.7. The Morgan fingerprint density at radius 1 is 1.06 bits per heavy atom. The zero-order valence-corrected chi connectivity index (χ0v) is 19.5. The Labute approximate surface area is 193 Å². The van der Waals surface area contributed by atoms with Crippen molar-refractivity contribution >= 4 is 29.4 Å². The van der Waals surface area contributed by atoms with E-state index in [-0.39, 0.29) is 18.9 Å². The summed E-state index contributed by atoms with van der Waals surface area (Å²) >= 11 is 0. The van der Waals surface area contributed by atoms with Gasteiger partial charge in [0.1, 0.15) is 11.8 Å². The Kier molecular flexibility index (Phi) is 6.86. The van der Waals surface area contributed by atoms with Gasteiger partial charge in [0.05, 0.1) is 31.4 Å². The molecule has 2 aromatic rings. The van der Waals surface area contributed by atoms with Crippen LogP contribution in [-0.4, -0.2) is 53.9 Å². The van der Waals surface area contributed by atoms with E-state index in [0.717, 1.165) is 4.90 Å². The molecule has 1 aliphatic rings. The highest BCUT2D eigenvalue weighted by molar-refractivity contribution is 6.23. The number of nitrogens with zero attached hydrogens (tertiary/aromatic N) is 2. The van der Waals surface area contributed by atoms with Gasteiger partial charge in [-0.1, -0.05) is 6.07 Å². The van der Waals surface area contributed by atoms with E-state index in [1.54, 1.807) is 31.2 Å². The highest BCUT2D eigenvalue weighted by atomic mass is 16.5. The lowest BCUT2D eigenvalue weighted by atomic mass is 9.99. The molecule has 1 saturated heterocycles. The number of methoxy groups -OCH3 is 1. The number of esters is 1. The number of anilines is 1. The Balaban J connectivity index is 1.91. The van der Waals surface area contributed by atoms with Crippen LogP contribution < -0.4 is 9.64 Å². The van der Waals surface area contributed by atoms with Crippen LogP contribution in [-0.2, 0) is 14.3 Å². The molecule has 1 unspecified atom stereocenters. The molecule has 1 aliphatic heterocycles. The average Bonchev–Trinajstić information content (AvgIpc) is 3.06. The highest BCUT2D eigenvalue weighted by Crippen LogP contribution is 2.31. The summed E-state index contributed by atoms with van der Waals surface area (Å²) in [6.45, 7) is 7.41. The first-order valence-electron chi connectivity index (χ1n) is 10.7. The Morgan fingerprint density at radius 3 is 2.30 bits per heavy atom. The maximum atomic E-state index is 13.5. The summed E-state index contributed by atoms with van der Waals surface area (Å²) in [6, 6.07) is 11.8. The summed E-state index contributed by atoms with van der Waals surface area (Å²) in [5.74, 6) is -1.24. The molecule has 0 saturated carbocycles. The fraction of sp³-hybridized carbons (Fsp3) is 0.360. The molecular formula is C25H28N2O6. The third kappa shape index (κ3) is 4.89. The van der Waals surface area contributed by atoms with E-state index in [1.807, 2.05) is 20.8 Å². The molecule has 0 aliphatic carbocycles. The SMILES string of the molecule is CCOC(=O)c1ccc(N2C(=O)CC(N(C(=O)c3cccc(OC)c3)C(C)(C)C)C2=O)cc1. The molecule has 0 N–H and O–H groups in total. The van der Waals surface area contributed by atoms with E-state index in [2.05, 4.69) is 0 Å². The number of rotatable bonds is 6. The number of amides is 3. The predicted molar refractivity (Wildman–Crippen MR) is 122 cm³/mol. The van der Waals surface area contributed by atoms with Crippen LogP contribution in [0.2, 0.25) is 0 Å². The van der Waals surface area contributed by atoms with Crippen molar-refractivity contribution in [3.63, 3.8) is 0 Å². The largest absolute Gasteiger partial charge is 0.497 e. The van der Waals surface area contributed by atoms with E-state index in [0.29, 0.717) is 22.6 Å². The molecular weight excluding hydrogens is 424 g/mol. The van der Waals surface area contributed by atoms with Crippen LogP contribution in [0.3, 0.4) is 0 Å². The second-order valence-electron chi connectivity index (χ2n) is 8.63. The molecule has 0 spiro atoms. The summed E-state index contributed by atoms with van der Waals surface area (Å²) in [7, 11) is 1.51. The molecule has 1 heterocycles. The van der Waals surface area contributed by atoms with Crippen LogP contribution in [0.4, 0.5) is 5.69 Å². The van der Waals surface area contributed by atoms with Crippen LogP contribution >= 0.6 is 0 Å². The maximum Gasteiger partial charge on any atom is 0.338 e. The van der Waals surface area contributed by atoms with Crippen LogP contribution in [0, 0.1) is 0 Å². The molecule has 174 valence electrons. The van der Waals surface area contributed by atoms with Crippen molar-refractivity contribution in [3.05, 3.63) is 59.7 Å². The number of carbonyl (C=O) groups is 4. The van der Waals surface area contributed by atoms with Gasteiger partial charge in [-0.15, -0.1) is 0 Å². The number of hydrogen-bond acceptors (Lipinski definition) is 6. The summed E-state index contributed by atoms with van der Waals surface area (Å²) in [5, 5.41) is 0. The smallest absolute Gasteiger partial charge is 0.338 e. The van der Waals surface area contributed by atoms with E-state index < -0.39 is 29.4 Å². The van der Waals surface area contributed by atoms with Gasteiger partial charge in [-0.3, -0.25) is 14.4 Å². The van der Waals surface area contributed by atoms with Crippen LogP contribution in [0.25, 0.3) is 0 Å².